The zero-order valence-electron chi connectivity index (χ0n) is 16.9. The summed E-state index contributed by atoms with van der Waals surface area (Å²) in [5.41, 5.74) is 1.24. The summed E-state index contributed by atoms with van der Waals surface area (Å²) >= 11 is 0. The third kappa shape index (κ3) is 8.01. The van der Waals surface area contributed by atoms with Crippen molar-refractivity contribution in [3.8, 4) is 11.8 Å². The highest BCUT2D eigenvalue weighted by Crippen LogP contribution is 2.24. The molecule has 1 N–H and O–H groups in total. The van der Waals surface area contributed by atoms with Crippen LogP contribution >= 0.6 is 0 Å². The number of halogens is 3. The topological polar surface area (TPSA) is 82.4 Å². The molecule has 0 saturated carbocycles. The minimum atomic E-state index is -4.77. The number of hydrogen-bond donors (Lipinski definition) is 1. The molecule has 9 heteroatoms. The molecule has 164 valence electrons. The maximum absolute atomic E-state index is 12.6. The summed E-state index contributed by atoms with van der Waals surface area (Å²) in [5.74, 6) is -0.999. The third-order valence-electron chi connectivity index (χ3n) is 4.37. The summed E-state index contributed by atoms with van der Waals surface area (Å²) in [4.78, 5) is 26.3. The standard InChI is InChI=1S/C22H22F3N3O3/c1-16(17-8-10-19(11-9-17)31-22(23,24)25)27-20(29)12-13-21(30)28(15-5-14-26)18-6-3-2-4-7-18/h2-4,6-11,16H,5,12-13,15H2,1H3,(H,27,29). The van der Waals surface area contributed by atoms with Crippen LogP contribution in [0.2, 0.25) is 0 Å². The predicted molar refractivity (Wildman–Crippen MR) is 108 cm³/mol. The fraction of sp³-hybridized carbons (Fsp3) is 0.318. The molecule has 0 aliphatic rings. The Labute approximate surface area is 178 Å². The fourth-order valence-corrected chi connectivity index (χ4v) is 2.88. The molecular weight excluding hydrogens is 411 g/mol. The summed E-state index contributed by atoms with van der Waals surface area (Å²) in [6, 6.07) is 15.6. The molecular formula is C22H22F3N3O3. The van der Waals surface area contributed by atoms with Gasteiger partial charge in [0.25, 0.3) is 0 Å². The van der Waals surface area contributed by atoms with Crippen molar-refractivity contribution in [2.75, 3.05) is 11.4 Å². The van der Waals surface area contributed by atoms with E-state index in [1.54, 1.807) is 31.2 Å². The van der Waals surface area contributed by atoms with E-state index in [0.717, 1.165) is 0 Å². The zero-order chi connectivity index (χ0) is 22.9. The molecule has 0 aromatic heterocycles. The number of rotatable bonds is 9. The Bertz CT molecular complexity index is 910. The van der Waals surface area contributed by atoms with Gasteiger partial charge in [-0.15, -0.1) is 13.2 Å². The van der Waals surface area contributed by atoms with E-state index in [1.807, 2.05) is 12.1 Å². The first-order valence-corrected chi connectivity index (χ1v) is 9.57. The van der Waals surface area contributed by atoms with Crippen molar-refractivity contribution in [1.82, 2.24) is 5.32 Å². The summed E-state index contributed by atoms with van der Waals surface area (Å²) in [7, 11) is 0. The Morgan fingerprint density at radius 2 is 1.74 bits per heavy atom. The average molecular weight is 433 g/mol. The van der Waals surface area contributed by atoms with Crippen LogP contribution in [-0.2, 0) is 9.59 Å². The van der Waals surface area contributed by atoms with Gasteiger partial charge in [0.2, 0.25) is 11.8 Å². The van der Waals surface area contributed by atoms with Gasteiger partial charge in [0, 0.05) is 25.1 Å². The molecule has 0 aliphatic carbocycles. The van der Waals surface area contributed by atoms with Gasteiger partial charge < -0.3 is 15.0 Å². The smallest absolute Gasteiger partial charge is 0.406 e. The van der Waals surface area contributed by atoms with E-state index < -0.39 is 12.4 Å². The van der Waals surface area contributed by atoms with Crippen molar-refractivity contribution in [3.63, 3.8) is 0 Å². The van der Waals surface area contributed by atoms with Crippen LogP contribution < -0.4 is 15.0 Å². The first-order chi connectivity index (χ1) is 14.7. The van der Waals surface area contributed by atoms with Gasteiger partial charge in [-0.05, 0) is 36.8 Å². The average Bonchev–Trinajstić information content (AvgIpc) is 2.72. The number of anilines is 1. The molecule has 0 spiro atoms. The molecule has 0 aliphatic heterocycles. The zero-order valence-corrected chi connectivity index (χ0v) is 16.9. The SMILES string of the molecule is CC(NC(=O)CCC(=O)N(CCC#N)c1ccccc1)c1ccc(OC(F)(F)F)cc1. The quantitative estimate of drug-likeness (QED) is 0.632. The summed E-state index contributed by atoms with van der Waals surface area (Å²) < 4.78 is 40.5. The lowest BCUT2D eigenvalue weighted by Gasteiger charge is -2.22. The van der Waals surface area contributed by atoms with Crippen LogP contribution in [0.15, 0.2) is 54.6 Å². The van der Waals surface area contributed by atoms with E-state index in [2.05, 4.69) is 10.1 Å². The van der Waals surface area contributed by atoms with Gasteiger partial charge in [-0.2, -0.15) is 5.26 Å². The number of nitrogens with one attached hydrogen (secondary N) is 1. The van der Waals surface area contributed by atoms with Crippen LogP contribution in [0.4, 0.5) is 18.9 Å². The number of hydrogen-bond acceptors (Lipinski definition) is 4. The third-order valence-corrected chi connectivity index (χ3v) is 4.37. The van der Waals surface area contributed by atoms with E-state index in [4.69, 9.17) is 5.26 Å². The Hall–Kier alpha value is -3.54. The summed E-state index contributed by atoms with van der Waals surface area (Å²) in [5, 5.41) is 11.5. The summed E-state index contributed by atoms with van der Waals surface area (Å²) in [6.45, 7) is 1.91. The van der Waals surface area contributed by atoms with E-state index in [-0.39, 0.29) is 43.4 Å². The number of benzene rings is 2. The van der Waals surface area contributed by atoms with Crippen molar-refractivity contribution < 1.29 is 27.5 Å². The second-order valence-electron chi connectivity index (χ2n) is 6.70. The minimum absolute atomic E-state index is 0.0444. The normalized spacial score (nSPS) is 11.8. The van der Waals surface area contributed by atoms with Gasteiger partial charge >= 0.3 is 6.36 Å². The van der Waals surface area contributed by atoms with Crippen LogP contribution in [-0.4, -0.2) is 24.7 Å². The van der Waals surface area contributed by atoms with Crippen LogP contribution in [0, 0.1) is 11.3 Å². The van der Waals surface area contributed by atoms with Gasteiger partial charge in [-0.25, -0.2) is 0 Å². The highest BCUT2D eigenvalue weighted by molar-refractivity contribution is 5.95. The largest absolute Gasteiger partial charge is 0.573 e. The number of alkyl halides is 3. The fourth-order valence-electron chi connectivity index (χ4n) is 2.88. The van der Waals surface area contributed by atoms with Crippen molar-refractivity contribution in [2.45, 2.75) is 38.6 Å². The maximum atomic E-state index is 12.6. The van der Waals surface area contributed by atoms with Crippen LogP contribution in [0.1, 0.15) is 37.8 Å². The number of carbonyl (C=O) groups is 2. The predicted octanol–water partition coefficient (Wildman–Crippen LogP) is 4.49. The Morgan fingerprint density at radius 3 is 2.32 bits per heavy atom. The first-order valence-electron chi connectivity index (χ1n) is 9.57. The molecule has 31 heavy (non-hydrogen) atoms. The summed E-state index contributed by atoms with van der Waals surface area (Å²) in [6.07, 6.45) is -4.71. The van der Waals surface area contributed by atoms with Gasteiger partial charge in [-0.1, -0.05) is 30.3 Å². The minimum Gasteiger partial charge on any atom is -0.406 e. The van der Waals surface area contributed by atoms with E-state index in [1.165, 1.54) is 29.2 Å². The molecule has 0 saturated heterocycles. The second kappa shape index (κ2) is 11.0. The number of para-hydroxylation sites is 1. The molecule has 1 atom stereocenters. The number of ether oxygens (including phenoxy) is 1. The monoisotopic (exact) mass is 433 g/mol. The molecule has 6 nitrogen and oxygen atoms in total. The van der Waals surface area contributed by atoms with Gasteiger partial charge in [0.1, 0.15) is 5.75 Å². The maximum Gasteiger partial charge on any atom is 0.573 e. The van der Waals surface area contributed by atoms with Gasteiger partial charge in [-0.3, -0.25) is 9.59 Å². The molecule has 2 amide bonds. The highest BCUT2D eigenvalue weighted by Gasteiger charge is 2.31. The Morgan fingerprint density at radius 1 is 1.10 bits per heavy atom. The van der Waals surface area contributed by atoms with E-state index >= 15 is 0 Å². The Balaban J connectivity index is 1.89. The number of nitrogens with zero attached hydrogens (tertiary/aromatic N) is 2. The van der Waals surface area contributed by atoms with E-state index in [0.29, 0.717) is 11.3 Å². The van der Waals surface area contributed by atoms with E-state index in [9.17, 15) is 22.8 Å². The van der Waals surface area contributed by atoms with Crippen LogP contribution in [0.3, 0.4) is 0 Å². The van der Waals surface area contributed by atoms with Gasteiger partial charge in [0.05, 0.1) is 18.5 Å². The molecule has 2 aromatic rings. The highest BCUT2D eigenvalue weighted by atomic mass is 19.4. The molecule has 0 fully saturated rings. The molecule has 2 rings (SSSR count). The lowest BCUT2D eigenvalue weighted by Crippen LogP contribution is -2.33. The second-order valence-corrected chi connectivity index (χ2v) is 6.70. The Kier molecular flexibility index (Phi) is 8.43. The number of amides is 2. The van der Waals surface area contributed by atoms with Crippen LogP contribution in [0.25, 0.3) is 0 Å². The molecule has 0 radical (unpaired) electrons. The lowest BCUT2D eigenvalue weighted by atomic mass is 10.1. The number of carbonyl (C=O) groups excluding carboxylic acids is 2. The molecule has 2 aromatic carbocycles. The van der Waals surface area contributed by atoms with Crippen molar-refractivity contribution in [3.05, 3.63) is 60.2 Å². The number of nitriles is 1. The van der Waals surface area contributed by atoms with Crippen molar-refractivity contribution >= 4 is 17.5 Å². The van der Waals surface area contributed by atoms with Crippen LogP contribution in [0.5, 0.6) is 5.75 Å². The van der Waals surface area contributed by atoms with Crippen molar-refractivity contribution in [2.24, 2.45) is 0 Å². The van der Waals surface area contributed by atoms with Gasteiger partial charge in [0.15, 0.2) is 0 Å². The van der Waals surface area contributed by atoms with Crippen molar-refractivity contribution in [1.29, 1.82) is 5.26 Å². The molecule has 0 heterocycles. The molecule has 0 bridgehead atoms. The lowest BCUT2D eigenvalue weighted by molar-refractivity contribution is -0.274. The molecule has 1 unspecified atom stereocenters. The first kappa shape index (κ1) is 23.7.